The second-order valence-corrected chi connectivity index (χ2v) is 3.69. The molecule has 0 saturated heterocycles. The van der Waals surface area contributed by atoms with Crippen LogP contribution in [0, 0.1) is 5.82 Å². The molecule has 0 spiro atoms. The third-order valence-electron chi connectivity index (χ3n) is 2.31. The molecule has 0 heterocycles. The normalized spacial score (nSPS) is 10.4. The molecule has 1 aromatic carbocycles. The van der Waals surface area contributed by atoms with Crippen LogP contribution >= 0.6 is 0 Å². The van der Waals surface area contributed by atoms with E-state index < -0.39 is 5.82 Å². The number of ketones is 1. The Hall–Kier alpha value is -1.42. The van der Waals surface area contributed by atoms with Crippen molar-refractivity contribution in [2.24, 2.45) is 0 Å². The topological polar surface area (TPSA) is 55.1 Å². The van der Waals surface area contributed by atoms with Crippen LogP contribution in [0.4, 0.5) is 10.1 Å². The number of halogens is 1. The van der Waals surface area contributed by atoms with Crippen LogP contribution in [0.15, 0.2) is 18.2 Å². The Balaban J connectivity index is 2.50. The predicted octanol–water partition coefficient (Wildman–Crippen LogP) is 1.98. The van der Waals surface area contributed by atoms with Crippen LogP contribution in [-0.2, 0) is 0 Å². The van der Waals surface area contributed by atoms with Gasteiger partial charge >= 0.3 is 0 Å². The van der Waals surface area contributed by atoms with Gasteiger partial charge in [-0.15, -0.1) is 0 Å². The lowest BCUT2D eigenvalue weighted by Crippen LogP contribution is -2.24. The minimum Gasteiger partial charge on any atom is -0.396 e. The number of anilines is 1. The number of hydrogen-bond donors (Lipinski definition) is 2. The average Bonchev–Trinajstić information content (AvgIpc) is 2.28. The van der Waals surface area contributed by atoms with E-state index in [1.807, 2.05) is 0 Å². The minimum atomic E-state index is -0.490. The fraction of sp³-hybridized carbons (Fsp3) is 0.417. The van der Waals surface area contributed by atoms with Gasteiger partial charge in [0.2, 0.25) is 0 Å². The number of nitrogens with one attached hydrogen (secondary N) is 1. The van der Waals surface area contributed by atoms with Crippen molar-refractivity contribution in [2.45, 2.75) is 19.8 Å². The van der Waals surface area contributed by atoms with E-state index in [0.29, 0.717) is 5.56 Å². The number of nitrogen functional groups attached to an aromatic ring is 1. The lowest BCUT2D eigenvalue weighted by atomic mass is 10.1. The van der Waals surface area contributed by atoms with E-state index in [1.165, 1.54) is 18.2 Å². The zero-order valence-corrected chi connectivity index (χ0v) is 9.42. The third kappa shape index (κ3) is 3.62. The quantitative estimate of drug-likeness (QED) is 0.441. The maximum absolute atomic E-state index is 12.9. The number of nitrogens with two attached hydrogens (primary N) is 1. The monoisotopic (exact) mass is 224 g/mol. The molecular formula is C12H17FN2O. The molecule has 3 N–H and O–H groups in total. The van der Waals surface area contributed by atoms with E-state index >= 15 is 0 Å². The van der Waals surface area contributed by atoms with E-state index in [4.69, 9.17) is 5.73 Å². The molecular weight excluding hydrogens is 207 g/mol. The van der Waals surface area contributed by atoms with E-state index in [-0.39, 0.29) is 18.0 Å². The maximum atomic E-state index is 12.9. The Kier molecular flexibility index (Phi) is 4.92. The summed E-state index contributed by atoms with van der Waals surface area (Å²) in [5.74, 6) is -0.557. The SMILES string of the molecule is CCCCNCC(=O)c1ccc(F)c(N)c1. The predicted molar refractivity (Wildman–Crippen MR) is 62.9 cm³/mol. The smallest absolute Gasteiger partial charge is 0.176 e. The van der Waals surface area contributed by atoms with E-state index in [2.05, 4.69) is 12.2 Å². The fourth-order valence-electron chi connectivity index (χ4n) is 1.32. The van der Waals surface area contributed by atoms with Gasteiger partial charge in [-0.25, -0.2) is 4.39 Å². The number of carbonyl (C=O) groups is 1. The summed E-state index contributed by atoms with van der Waals surface area (Å²) in [6.07, 6.45) is 2.13. The van der Waals surface area contributed by atoms with Gasteiger partial charge < -0.3 is 11.1 Å². The van der Waals surface area contributed by atoms with Crippen LogP contribution in [-0.4, -0.2) is 18.9 Å². The van der Waals surface area contributed by atoms with Crippen LogP contribution in [0.5, 0.6) is 0 Å². The molecule has 3 nitrogen and oxygen atoms in total. The van der Waals surface area contributed by atoms with Crippen molar-refractivity contribution < 1.29 is 9.18 Å². The summed E-state index contributed by atoms with van der Waals surface area (Å²) in [6, 6.07) is 4.04. The number of hydrogen-bond acceptors (Lipinski definition) is 3. The molecule has 0 atom stereocenters. The summed E-state index contributed by atoms with van der Waals surface area (Å²) in [4.78, 5) is 11.6. The summed E-state index contributed by atoms with van der Waals surface area (Å²) in [5.41, 5.74) is 5.85. The minimum absolute atomic E-state index is 0.0133. The van der Waals surface area contributed by atoms with Gasteiger partial charge in [0.1, 0.15) is 5.82 Å². The molecule has 1 rings (SSSR count). The zero-order chi connectivity index (χ0) is 12.0. The summed E-state index contributed by atoms with van der Waals surface area (Å²) in [5, 5.41) is 3.03. The van der Waals surface area contributed by atoms with Gasteiger partial charge in [-0.2, -0.15) is 0 Å². The molecule has 0 aliphatic rings. The van der Waals surface area contributed by atoms with Gasteiger partial charge in [0.15, 0.2) is 5.78 Å². The number of rotatable bonds is 6. The van der Waals surface area contributed by atoms with Crippen molar-refractivity contribution in [3.05, 3.63) is 29.6 Å². The Morgan fingerprint density at radius 3 is 2.88 bits per heavy atom. The van der Waals surface area contributed by atoms with Gasteiger partial charge in [-0.3, -0.25) is 4.79 Å². The molecule has 0 bridgehead atoms. The second-order valence-electron chi connectivity index (χ2n) is 3.69. The van der Waals surface area contributed by atoms with E-state index in [9.17, 15) is 9.18 Å². The van der Waals surface area contributed by atoms with Crippen molar-refractivity contribution in [3.63, 3.8) is 0 Å². The number of benzene rings is 1. The average molecular weight is 224 g/mol. The maximum Gasteiger partial charge on any atom is 0.176 e. The van der Waals surface area contributed by atoms with Crippen molar-refractivity contribution in [1.82, 2.24) is 5.32 Å². The fourth-order valence-corrected chi connectivity index (χ4v) is 1.32. The van der Waals surface area contributed by atoms with Crippen molar-refractivity contribution in [1.29, 1.82) is 0 Å². The van der Waals surface area contributed by atoms with Gasteiger partial charge in [0, 0.05) is 5.56 Å². The number of Topliss-reactive ketones (excluding diaryl/α,β-unsaturated/α-hetero) is 1. The van der Waals surface area contributed by atoms with Crippen LogP contribution in [0.25, 0.3) is 0 Å². The zero-order valence-electron chi connectivity index (χ0n) is 9.42. The standard InChI is InChI=1S/C12H17FN2O/c1-2-3-6-15-8-12(16)9-4-5-10(13)11(14)7-9/h4-5,7,15H,2-3,6,8,14H2,1H3. The molecule has 0 fully saturated rings. The first-order valence-corrected chi connectivity index (χ1v) is 5.44. The summed E-state index contributed by atoms with van der Waals surface area (Å²) in [6.45, 7) is 3.17. The second kappa shape index (κ2) is 6.23. The van der Waals surface area contributed by atoms with Crippen molar-refractivity contribution in [2.75, 3.05) is 18.8 Å². The molecule has 88 valence electrons. The Morgan fingerprint density at radius 2 is 2.25 bits per heavy atom. The highest BCUT2D eigenvalue weighted by molar-refractivity contribution is 5.98. The van der Waals surface area contributed by atoms with Gasteiger partial charge in [-0.05, 0) is 31.2 Å². The highest BCUT2D eigenvalue weighted by atomic mass is 19.1. The van der Waals surface area contributed by atoms with Crippen LogP contribution in [0.1, 0.15) is 30.1 Å². The summed E-state index contributed by atoms with van der Waals surface area (Å²) in [7, 11) is 0. The van der Waals surface area contributed by atoms with Crippen LogP contribution < -0.4 is 11.1 Å². The largest absolute Gasteiger partial charge is 0.396 e. The first kappa shape index (κ1) is 12.6. The molecule has 0 aromatic heterocycles. The Morgan fingerprint density at radius 1 is 1.50 bits per heavy atom. The lowest BCUT2D eigenvalue weighted by molar-refractivity contribution is 0.0991. The molecule has 16 heavy (non-hydrogen) atoms. The molecule has 0 radical (unpaired) electrons. The molecule has 0 aliphatic heterocycles. The molecule has 0 saturated carbocycles. The first-order valence-electron chi connectivity index (χ1n) is 5.44. The molecule has 0 unspecified atom stereocenters. The van der Waals surface area contributed by atoms with E-state index in [0.717, 1.165) is 19.4 Å². The van der Waals surface area contributed by atoms with Gasteiger partial charge in [0.05, 0.1) is 12.2 Å². The highest BCUT2D eigenvalue weighted by Crippen LogP contribution is 2.12. The molecule has 4 heteroatoms. The summed E-state index contributed by atoms with van der Waals surface area (Å²) >= 11 is 0. The Labute approximate surface area is 94.8 Å². The van der Waals surface area contributed by atoms with Crippen LogP contribution in [0.3, 0.4) is 0 Å². The number of unbranched alkanes of at least 4 members (excludes halogenated alkanes) is 1. The van der Waals surface area contributed by atoms with Crippen molar-refractivity contribution >= 4 is 11.5 Å². The molecule has 0 aliphatic carbocycles. The third-order valence-corrected chi connectivity index (χ3v) is 2.31. The summed E-state index contributed by atoms with van der Waals surface area (Å²) < 4.78 is 12.9. The molecule has 0 amide bonds. The van der Waals surface area contributed by atoms with Crippen molar-refractivity contribution in [3.8, 4) is 0 Å². The Bertz CT molecular complexity index is 366. The van der Waals surface area contributed by atoms with E-state index in [1.54, 1.807) is 0 Å². The molecule has 1 aromatic rings. The highest BCUT2D eigenvalue weighted by Gasteiger charge is 2.07. The number of carbonyl (C=O) groups excluding carboxylic acids is 1. The van der Waals surface area contributed by atoms with Gasteiger partial charge in [0.25, 0.3) is 0 Å². The first-order chi connectivity index (χ1) is 7.65. The van der Waals surface area contributed by atoms with Gasteiger partial charge in [-0.1, -0.05) is 13.3 Å². The lowest BCUT2D eigenvalue weighted by Gasteiger charge is -2.04. The van der Waals surface area contributed by atoms with Crippen LogP contribution in [0.2, 0.25) is 0 Å².